The summed E-state index contributed by atoms with van der Waals surface area (Å²) in [5.74, 6) is 0. The Labute approximate surface area is 219 Å². The average molecular weight is 490 g/mol. The third-order valence-electron chi connectivity index (χ3n) is 7.95. The Morgan fingerprint density at radius 1 is 0.658 bits per heavy atom. The van der Waals surface area contributed by atoms with E-state index in [2.05, 4.69) is 138 Å². The van der Waals surface area contributed by atoms with Crippen LogP contribution in [0.4, 0.5) is 0 Å². The van der Waals surface area contributed by atoms with Gasteiger partial charge in [0.05, 0.1) is 11.1 Å². The van der Waals surface area contributed by atoms with Crippen molar-refractivity contribution in [2.75, 3.05) is 0 Å². The zero-order valence-corrected chi connectivity index (χ0v) is 21.3. The van der Waals surface area contributed by atoms with E-state index in [1.807, 2.05) is 0 Å². The minimum atomic E-state index is 0.920. The number of pyridine rings is 1. The first-order valence-electron chi connectivity index (χ1n) is 13.0. The van der Waals surface area contributed by atoms with Gasteiger partial charge in [0.1, 0.15) is 23.7 Å². The third-order valence-corrected chi connectivity index (χ3v) is 7.95. The van der Waals surface area contributed by atoms with Crippen molar-refractivity contribution in [3.63, 3.8) is 0 Å². The molecule has 5 aromatic carbocycles. The van der Waals surface area contributed by atoms with Gasteiger partial charge < -0.3 is 8.98 Å². The molecule has 3 heteroatoms. The normalized spacial score (nSPS) is 11.9. The van der Waals surface area contributed by atoms with Gasteiger partial charge in [-0.3, -0.25) is 0 Å². The Bertz CT molecular complexity index is 2200. The number of benzene rings is 5. The van der Waals surface area contributed by atoms with Crippen LogP contribution in [0.1, 0.15) is 5.56 Å². The molecular formula is C35H25N2O+. The molecule has 8 rings (SSSR count). The molecule has 0 amide bonds. The van der Waals surface area contributed by atoms with E-state index in [0.717, 1.165) is 33.5 Å². The largest absolute Gasteiger partial charge is 0.455 e. The van der Waals surface area contributed by atoms with Crippen LogP contribution in [-0.4, -0.2) is 4.57 Å². The topological polar surface area (TPSA) is 21.9 Å². The van der Waals surface area contributed by atoms with Gasteiger partial charge >= 0.3 is 0 Å². The predicted molar refractivity (Wildman–Crippen MR) is 157 cm³/mol. The fourth-order valence-electron chi connectivity index (χ4n) is 6.24. The summed E-state index contributed by atoms with van der Waals surface area (Å²) in [7, 11) is 2.14. The third kappa shape index (κ3) is 2.81. The molecular weight excluding hydrogens is 464 g/mol. The quantitative estimate of drug-likeness (QED) is 0.223. The summed E-state index contributed by atoms with van der Waals surface area (Å²) >= 11 is 0. The van der Waals surface area contributed by atoms with Crippen LogP contribution in [0, 0.1) is 6.92 Å². The Morgan fingerprint density at radius 2 is 1.42 bits per heavy atom. The van der Waals surface area contributed by atoms with Crippen molar-refractivity contribution in [1.29, 1.82) is 0 Å². The summed E-state index contributed by atoms with van der Waals surface area (Å²) in [5, 5.41) is 7.25. The maximum atomic E-state index is 6.73. The van der Waals surface area contributed by atoms with Crippen LogP contribution in [-0.2, 0) is 7.05 Å². The zero-order chi connectivity index (χ0) is 25.4. The first-order valence-corrected chi connectivity index (χ1v) is 13.0. The van der Waals surface area contributed by atoms with Gasteiger partial charge in [-0.15, -0.1) is 0 Å². The molecule has 0 saturated heterocycles. The van der Waals surface area contributed by atoms with Crippen molar-refractivity contribution < 1.29 is 8.98 Å². The number of hydrogen-bond acceptors (Lipinski definition) is 1. The number of furan rings is 1. The molecule has 180 valence electrons. The highest BCUT2D eigenvalue weighted by Gasteiger charge is 2.28. The molecule has 0 bridgehead atoms. The van der Waals surface area contributed by atoms with E-state index in [1.165, 1.54) is 43.5 Å². The summed E-state index contributed by atoms with van der Waals surface area (Å²) in [6.45, 7) is 2.19. The molecule has 0 atom stereocenters. The molecule has 0 spiro atoms. The maximum Gasteiger partial charge on any atom is 0.241 e. The smallest absolute Gasteiger partial charge is 0.241 e. The minimum Gasteiger partial charge on any atom is -0.455 e. The van der Waals surface area contributed by atoms with E-state index >= 15 is 0 Å². The lowest BCUT2D eigenvalue weighted by Crippen LogP contribution is -2.31. The molecule has 3 nitrogen and oxygen atoms in total. The van der Waals surface area contributed by atoms with Crippen molar-refractivity contribution in [3.05, 3.63) is 121 Å². The summed E-state index contributed by atoms with van der Waals surface area (Å²) in [4.78, 5) is 0. The van der Waals surface area contributed by atoms with Gasteiger partial charge in [-0.1, -0.05) is 78.9 Å². The highest BCUT2D eigenvalue weighted by Crippen LogP contribution is 2.43. The molecule has 3 heterocycles. The Balaban J connectivity index is 1.59. The van der Waals surface area contributed by atoms with Crippen molar-refractivity contribution in [2.24, 2.45) is 7.05 Å². The fourth-order valence-corrected chi connectivity index (χ4v) is 6.24. The second-order valence-electron chi connectivity index (χ2n) is 10.1. The molecule has 0 aliphatic carbocycles. The standard InChI is InChI=1S/C35H25N2O/c1-22-16-18-28-32-25-13-7-6-10-23(25)17-19-30(32)38-35(28)31(22)34-33-27(20-21-36(34)2)26-14-8-9-15-29(26)37(33)24-11-4-3-5-12-24/h3-21H,1-2H3/q+1. The summed E-state index contributed by atoms with van der Waals surface area (Å²) in [6, 6.07) is 38.9. The molecule has 8 aromatic rings. The lowest BCUT2D eigenvalue weighted by atomic mass is 9.97. The van der Waals surface area contributed by atoms with Gasteiger partial charge in [0.2, 0.25) is 5.69 Å². The van der Waals surface area contributed by atoms with E-state index in [9.17, 15) is 0 Å². The molecule has 0 N–H and O–H groups in total. The molecule has 38 heavy (non-hydrogen) atoms. The highest BCUT2D eigenvalue weighted by atomic mass is 16.3. The molecule has 0 aliphatic rings. The van der Waals surface area contributed by atoms with Gasteiger partial charge in [0.25, 0.3) is 0 Å². The van der Waals surface area contributed by atoms with Crippen molar-refractivity contribution in [2.45, 2.75) is 6.92 Å². The van der Waals surface area contributed by atoms with Crippen LogP contribution < -0.4 is 4.57 Å². The maximum absolute atomic E-state index is 6.73. The molecule has 3 aromatic heterocycles. The van der Waals surface area contributed by atoms with E-state index in [4.69, 9.17) is 4.42 Å². The number of hydrogen-bond donors (Lipinski definition) is 0. The Hall–Kier alpha value is -4.89. The number of aromatic nitrogens is 2. The number of rotatable bonds is 2. The van der Waals surface area contributed by atoms with Crippen LogP contribution >= 0.6 is 0 Å². The highest BCUT2D eigenvalue weighted by molar-refractivity contribution is 6.22. The van der Waals surface area contributed by atoms with Gasteiger partial charge in [0, 0.05) is 33.3 Å². The molecule has 0 unspecified atom stereocenters. The zero-order valence-electron chi connectivity index (χ0n) is 21.3. The van der Waals surface area contributed by atoms with Crippen LogP contribution in [0.15, 0.2) is 120 Å². The van der Waals surface area contributed by atoms with Gasteiger partial charge in [-0.05, 0) is 47.5 Å². The summed E-state index contributed by atoms with van der Waals surface area (Å²) < 4.78 is 11.4. The second kappa shape index (κ2) is 7.80. The Kier molecular flexibility index (Phi) is 4.36. The molecule has 0 saturated carbocycles. The number of aryl methyl sites for hydroxylation is 2. The lowest BCUT2D eigenvalue weighted by Gasteiger charge is -2.11. The first-order chi connectivity index (χ1) is 18.7. The van der Waals surface area contributed by atoms with Gasteiger partial charge in [0.15, 0.2) is 6.20 Å². The summed E-state index contributed by atoms with van der Waals surface area (Å²) in [5.41, 5.74) is 8.85. The molecule has 0 radical (unpaired) electrons. The van der Waals surface area contributed by atoms with Crippen molar-refractivity contribution in [1.82, 2.24) is 4.57 Å². The first kappa shape index (κ1) is 21.2. The van der Waals surface area contributed by atoms with E-state index in [1.54, 1.807) is 0 Å². The van der Waals surface area contributed by atoms with Gasteiger partial charge in [-0.25, -0.2) is 0 Å². The van der Waals surface area contributed by atoms with Crippen LogP contribution in [0.5, 0.6) is 0 Å². The number of nitrogens with zero attached hydrogens (tertiary/aromatic N) is 2. The van der Waals surface area contributed by atoms with Crippen molar-refractivity contribution in [3.8, 4) is 16.9 Å². The fraction of sp³-hybridized carbons (Fsp3) is 0.0571. The predicted octanol–water partition coefficient (Wildman–Crippen LogP) is 8.64. The average Bonchev–Trinajstić information content (AvgIpc) is 3.50. The number of para-hydroxylation sites is 2. The molecule has 0 fully saturated rings. The van der Waals surface area contributed by atoms with Gasteiger partial charge in [-0.2, -0.15) is 4.57 Å². The Morgan fingerprint density at radius 3 is 2.29 bits per heavy atom. The number of fused-ring (bicyclic) bond motifs is 8. The van der Waals surface area contributed by atoms with E-state index < -0.39 is 0 Å². The monoisotopic (exact) mass is 489 g/mol. The SMILES string of the molecule is Cc1ccc2c(oc3ccc4ccccc4c32)c1-c1c2c(cc[n+]1C)c1ccccc1n2-c1ccccc1. The second-order valence-corrected chi connectivity index (χ2v) is 10.1. The van der Waals surface area contributed by atoms with E-state index in [-0.39, 0.29) is 0 Å². The van der Waals surface area contributed by atoms with Crippen LogP contribution in [0.2, 0.25) is 0 Å². The van der Waals surface area contributed by atoms with Crippen molar-refractivity contribution >= 4 is 54.5 Å². The van der Waals surface area contributed by atoms with Crippen LogP contribution in [0.3, 0.4) is 0 Å². The lowest BCUT2D eigenvalue weighted by molar-refractivity contribution is -0.659. The van der Waals surface area contributed by atoms with E-state index in [0.29, 0.717) is 0 Å². The van der Waals surface area contributed by atoms with Crippen LogP contribution in [0.25, 0.3) is 71.5 Å². The molecule has 0 aliphatic heterocycles. The minimum absolute atomic E-state index is 0.920. The summed E-state index contributed by atoms with van der Waals surface area (Å²) in [6.07, 6.45) is 2.18.